The van der Waals surface area contributed by atoms with E-state index in [1.165, 1.54) is 19.3 Å². The van der Waals surface area contributed by atoms with Gasteiger partial charge in [0.05, 0.1) is 5.41 Å². The summed E-state index contributed by atoms with van der Waals surface area (Å²) in [6.07, 6.45) is 6.74. The van der Waals surface area contributed by atoms with Crippen LogP contribution in [0.3, 0.4) is 0 Å². The molecule has 0 heterocycles. The minimum absolute atomic E-state index is 0.395. The monoisotopic (exact) mass is 212 g/mol. The van der Waals surface area contributed by atoms with Gasteiger partial charge in [0.1, 0.15) is 0 Å². The number of carboxylic acid groups (broad SMARTS) is 1. The van der Waals surface area contributed by atoms with Crippen molar-refractivity contribution >= 4 is 5.97 Å². The fourth-order valence-corrected chi connectivity index (χ4v) is 3.02. The molecule has 1 aliphatic rings. The summed E-state index contributed by atoms with van der Waals surface area (Å²) in [6, 6.07) is 0. The first kappa shape index (κ1) is 12.5. The largest absolute Gasteiger partial charge is 0.481 e. The Balaban J connectivity index is 2.74. The van der Waals surface area contributed by atoms with Crippen LogP contribution in [0.15, 0.2) is 0 Å². The Kier molecular flexibility index (Phi) is 4.18. The summed E-state index contributed by atoms with van der Waals surface area (Å²) >= 11 is 0. The van der Waals surface area contributed by atoms with E-state index in [2.05, 4.69) is 13.8 Å². The lowest BCUT2D eigenvalue weighted by Crippen LogP contribution is -2.38. The van der Waals surface area contributed by atoms with Gasteiger partial charge in [-0.3, -0.25) is 4.79 Å². The van der Waals surface area contributed by atoms with Crippen molar-refractivity contribution < 1.29 is 9.90 Å². The molecule has 1 rings (SSSR count). The van der Waals surface area contributed by atoms with Gasteiger partial charge in [-0.1, -0.05) is 33.1 Å². The summed E-state index contributed by atoms with van der Waals surface area (Å²) in [6.45, 7) is 6.18. The molecule has 0 aromatic heterocycles. The average Bonchev–Trinajstić information content (AvgIpc) is 2.17. The van der Waals surface area contributed by atoms with E-state index in [1.807, 2.05) is 6.92 Å². The standard InChI is InChI=1S/C13H24O2/c1-10(2)9-13(3,12(14)15)11-7-5-4-6-8-11/h10-11H,4-9H2,1-3H3,(H,14,15). The van der Waals surface area contributed by atoms with Crippen molar-refractivity contribution in [3.05, 3.63) is 0 Å². The SMILES string of the molecule is CC(C)CC(C)(C(=O)O)C1CCCCC1. The molecule has 0 amide bonds. The predicted octanol–water partition coefficient (Wildman–Crippen LogP) is 3.70. The van der Waals surface area contributed by atoms with Crippen LogP contribution in [0.4, 0.5) is 0 Å². The molecule has 1 N–H and O–H groups in total. The summed E-state index contributed by atoms with van der Waals surface area (Å²) < 4.78 is 0. The van der Waals surface area contributed by atoms with Gasteiger partial charge in [-0.2, -0.15) is 0 Å². The molecular formula is C13H24O2. The quantitative estimate of drug-likeness (QED) is 0.771. The third-order valence-corrected chi connectivity index (χ3v) is 3.83. The molecule has 0 saturated heterocycles. The number of carbonyl (C=O) groups is 1. The highest BCUT2D eigenvalue weighted by atomic mass is 16.4. The summed E-state index contributed by atoms with van der Waals surface area (Å²) in [7, 11) is 0. The molecule has 0 spiro atoms. The maximum absolute atomic E-state index is 11.5. The number of hydrogen-bond donors (Lipinski definition) is 1. The van der Waals surface area contributed by atoms with Gasteiger partial charge in [-0.25, -0.2) is 0 Å². The van der Waals surface area contributed by atoms with Gasteiger partial charge in [-0.15, -0.1) is 0 Å². The molecular weight excluding hydrogens is 188 g/mol. The van der Waals surface area contributed by atoms with Gasteiger partial charge < -0.3 is 5.11 Å². The lowest BCUT2D eigenvalue weighted by molar-refractivity contribution is -0.153. The Bertz CT molecular complexity index is 217. The maximum atomic E-state index is 11.5. The Morgan fingerprint density at radius 1 is 1.33 bits per heavy atom. The van der Waals surface area contributed by atoms with Gasteiger partial charge in [0.2, 0.25) is 0 Å². The Labute approximate surface area is 93.1 Å². The Hall–Kier alpha value is -0.530. The molecule has 0 aliphatic heterocycles. The van der Waals surface area contributed by atoms with E-state index >= 15 is 0 Å². The van der Waals surface area contributed by atoms with Crippen molar-refractivity contribution in [3.8, 4) is 0 Å². The molecule has 1 saturated carbocycles. The van der Waals surface area contributed by atoms with Gasteiger partial charge in [0, 0.05) is 0 Å². The number of carboxylic acids is 1. The van der Waals surface area contributed by atoms with Crippen LogP contribution >= 0.6 is 0 Å². The van der Waals surface area contributed by atoms with Crippen molar-refractivity contribution in [2.24, 2.45) is 17.3 Å². The fraction of sp³-hybridized carbons (Fsp3) is 0.923. The molecule has 15 heavy (non-hydrogen) atoms. The van der Waals surface area contributed by atoms with Crippen LogP contribution in [0.25, 0.3) is 0 Å². The minimum Gasteiger partial charge on any atom is -0.481 e. The van der Waals surface area contributed by atoms with Gasteiger partial charge in [0.15, 0.2) is 0 Å². The first-order valence-corrected chi connectivity index (χ1v) is 6.20. The van der Waals surface area contributed by atoms with Crippen molar-refractivity contribution in [2.75, 3.05) is 0 Å². The van der Waals surface area contributed by atoms with Crippen LogP contribution < -0.4 is 0 Å². The number of hydrogen-bond acceptors (Lipinski definition) is 1. The molecule has 2 heteroatoms. The van der Waals surface area contributed by atoms with Crippen molar-refractivity contribution in [3.63, 3.8) is 0 Å². The molecule has 1 unspecified atom stereocenters. The molecule has 0 radical (unpaired) electrons. The molecule has 0 bridgehead atoms. The number of rotatable bonds is 4. The Morgan fingerprint density at radius 2 is 1.87 bits per heavy atom. The van der Waals surface area contributed by atoms with Crippen LogP contribution in [0.2, 0.25) is 0 Å². The van der Waals surface area contributed by atoms with Crippen molar-refractivity contribution in [2.45, 2.75) is 59.3 Å². The summed E-state index contributed by atoms with van der Waals surface area (Å²) in [5.74, 6) is 0.266. The third kappa shape index (κ3) is 2.96. The maximum Gasteiger partial charge on any atom is 0.309 e. The topological polar surface area (TPSA) is 37.3 Å². The van der Waals surface area contributed by atoms with Gasteiger partial charge in [-0.05, 0) is 38.0 Å². The van der Waals surface area contributed by atoms with Crippen LogP contribution in [0.1, 0.15) is 59.3 Å². The molecule has 88 valence electrons. The highest BCUT2D eigenvalue weighted by molar-refractivity contribution is 5.74. The zero-order valence-electron chi connectivity index (χ0n) is 10.3. The highest BCUT2D eigenvalue weighted by Crippen LogP contribution is 2.42. The Morgan fingerprint density at radius 3 is 2.27 bits per heavy atom. The summed E-state index contributed by atoms with van der Waals surface area (Å²) in [5.41, 5.74) is -0.491. The summed E-state index contributed by atoms with van der Waals surface area (Å²) in [4.78, 5) is 11.5. The lowest BCUT2D eigenvalue weighted by Gasteiger charge is -2.37. The van der Waals surface area contributed by atoms with E-state index in [4.69, 9.17) is 0 Å². The normalized spacial score (nSPS) is 22.7. The molecule has 0 aromatic rings. The second-order valence-electron chi connectivity index (χ2n) is 5.66. The van der Waals surface area contributed by atoms with Crippen LogP contribution in [-0.2, 0) is 4.79 Å². The molecule has 1 fully saturated rings. The van der Waals surface area contributed by atoms with Gasteiger partial charge in [0.25, 0.3) is 0 Å². The molecule has 0 aromatic carbocycles. The second-order valence-corrected chi connectivity index (χ2v) is 5.66. The highest BCUT2D eigenvalue weighted by Gasteiger charge is 2.41. The van der Waals surface area contributed by atoms with E-state index < -0.39 is 11.4 Å². The van der Waals surface area contributed by atoms with E-state index in [-0.39, 0.29) is 0 Å². The van der Waals surface area contributed by atoms with Crippen LogP contribution in [0, 0.1) is 17.3 Å². The zero-order chi connectivity index (χ0) is 11.5. The van der Waals surface area contributed by atoms with Crippen molar-refractivity contribution in [1.82, 2.24) is 0 Å². The van der Waals surface area contributed by atoms with Crippen LogP contribution in [0.5, 0.6) is 0 Å². The first-order valence-electron chi connectivity index (χ1n) is 6.20. The van der Waals surface area contributed by atoms with Crippen LogP contribution in [-0.4, -0.2) is 11.1 Å². The lowest BCUT2D eigenvalue weighted by atomic mass is 9.66. The van der Waals surface area contributed by atoms with E-state index in [1.54, 1.807) is 0 Å². The average molecular weight is 212 g/mol. The molecule has 2 nitrogen and oxygen atoms in total. The minimum atomic E-state index is -0.594. The van der Waals surface area contributed by atoms with E-state index in [9.17, 15) is 9.90 Å². The third-order valence-electron chi connectivity index (χ3n) is 3.83. The predicted molar refractivity (Wildman–Crippen MR) is 61.8 cm³/mol. The van der Waals surface area contributed by atoms with Crippen molar-refractivity contribution in [1.29, 1.82) is 0 Å². The fourth-order valence-electron chi connectivity index (χ4n) is 3.02. The zero-order valence-corrected chi connectivity index (χ0v) is 10.3. The first-order chi connectivity index (χ1) is 6.97. The number of aliphatic carboxylic acids is 1. The molecule has 1 atom stereocenters. The van der Waals surface area contributed by atoms with E-state index in [0.717, 1.165) is 19.3 Å². The summed E-state index contributed by atoms with van der Waals surface area (Å²) in [5, 5.41) is 9.43. The molecule has 1 aliphatic carbocycles. The smallest absolute Gasteiger partial charge is 0.309 e. The van der Waals surface area contributed by atoms with Gasteiger partial charge >= 0.3 is 5.97 Å². The van der Waals surface area contributed by atoms with E-state index in [0.29, 0.717) is 11.8 Å². The second kappa shape index (κ2) is 5.00.